The van der Waals surface area contributed by atoms with Crippen molar-refractivity contribution in [1.29, 1.82) is 0 Å². The van der Waals surface area contributed by atoms with Crippen LogP contribution in [0.15, 0.2) is 23.3 Å². The highest BCUT2D eigenvalue weighted by molar-refractivity contribution is 5.95. The maximum absolute atomic E-state index is 13.0. The zero-order chi connectivity index (χ0) is 22.3. The van der Waals surface area contributed by atoms with E-state index in [1.54, 1.807) is 23.4 Å². The van der Waals surface area contributed by atoms with E-state index >= 15 is 0 Å². The highest BCUT2D eigenvalue weighted by Crippen LogP contribution is 2.34. The van der Waals surface area contributed by atoms with Gasteiger partial charge in [0.05, 0.1) is 23.8 Å². The van der Waals surface area contributed by atoms with Gasteiger partial charge in [-0.05, 0) is 31.4 Å². The van der Waals surface area contributed by atoms with Crippen molar-refractivity contribution in [3.05, 3.63) is 57.0 Å². The molecule has 1 N–H and O–H groups in total. The lowest BCUT2D eigenvalue weighted by Crippen LogP contribution is -2.42. The Morgan fingerprint density at radius 3 is 2.71 bits per heavy atom. The first kappa shape index (κ1) is 21.2. The smallest absolute Gasteiger partial charge is 0.256 e. The van der Waals surface area contributed by atoms with E-state index in [0.29, 0.717) is 36.5 Å². The summed E-state index contributed by atoms with van der Waals surface area (Å²) in [7, 11) is 0. The maximum Gasteiger partial charge on any atom is 0.256 e. The quantitative estimate of drug-likeness (QED) is 0.800. The molecule has 31 heavy (non-hydrogen) atoms. The number of nitrogens with one attached hydrogen (secondary N) is 1. The Hall–Kier alpha value is -3.03. The first-order valence-electron chi connectivity index (χ1n) is 10.8. The summed E-state index contributed by atoms with van der Waals surface area (Å²) in [5, 5.41) is 0. The van der Waals surface area contributed by atoms with Crippen LogP contribution in [0.4, 0.5) is 0 Å². The summed E-state index contributed by atoms with van der Waals surface area (Å²) in [4.78, 5) is 54.0. The molecule has 1 atom stereocenters. The van der Waals surface area contributed by atoms with Gasteiger partial charge >= 0.3 is 0 Å². The van der Waals surface area contributed by atoms with Crippen LogP contribution in [0.2, 0.25) is 0 Å². The number of carbonyl (C=O) groups is 2. The number of nitrogens with zero attached hydrogens (tertiary/aromatic N) is 4. The number of aromatic amines is 1. The minimum atomic E-state index is -0.483. The van der Waals surface area contributed by atoms with Crippen molar-refractivity contribution in [1.82, 2.24) is 24.8 Å². The van der Waals surface area contributed by atoms with Crippen molar-refractivity contribution in [2.75, 3.05) is 13.1 Å². The summed E-state index contributed by atoms with van der Waals surface area (Å²) in [6, 6.07) is 1.50. The molecule has 1 fully saturated rings. The van der Waals surface area contributed by atoms with Crippen molar-refractivity contribution in [3.63, 3.8) is 0 Å². The molecule has 164 valence electrons. The van der Waals surface area contributed by atoms with E-state index in [4.69, 9.17) is 4.98 Å². The largest absolute Gasteiger partial charge is 0.334 e. The number of aromatic nitrogens is 3. The van der Waals surface area contributed by atoms with Crippen molar-refractivity contribution < 1.29 is 9.59 Å². The van der Waals surface area contributed by atoms with Gasteiger partial charge in [0.15, 0.2) is 0 Å². The topological polar surface area (TPSA) is 99.3 Å². The molecule has 2 amide bonds. The van der Waals surface area contributed by atoms with E-state index in [-0.39, 0.29) is 30.0 Å². The van der Waals surface area contributed by atoms with E-state index in [1.807, 2.05) is 32.6 Å². The zero-order valence-corrected chi connectivity index (χ0v) is 18.6. The number of pyridine rings is 1. The van der Waals surface area contributed by atoms with Gasteiger partial charge in [0, 0.05) is 42.9 Å². The number of aryl methyl sites for hydroxylation is 1. The van der Waals surface area contributed by atoms with Gasteiger partial charge < -0.3 is 14.8 Å². The van der Waals surface area contributed by atoms with Gasteiger partial charge in [-0.2, -0.15) is 0 Å². The predicted octanol–water partition coefficient (Wildman–Crippen LogP) is 2.38. The van der Waals surface area contributed by atoms with Gasteiger partial charge in [-0.1, -0.05) is 20.8 Å². The molecular weight excluding hydrogens is 394 g/mol. The number of hydrogen-bond acceptors (Lipinski definition) is 5. The average Bonchev–Trinajstić information content (AvgIpc) is 3.22. The minimum absolute atomic E-state index is 0.0693. The lowest BCUT2D eigenvalue weighted by molar-refractivity contribution is -0.140. The molecule has 0 saturated carbocycles. The number of rotatable bonds is 2. The SMILES string of the molecule is Cc1cnccc1C(=O)N1CCc2nc(C3CCCN3C(=O)C(C)(C)C)[nH]c(=O)c2C1. The molecular formula is C23H29N5O3. The van der Waals surface area contributed by atoms with Crippen LogP contribution < -0.4 is 5.56 Å². The fourth-order valence-corrected chi connectivity index (χ4v) is 4.38. The Bertz CT molecular complexity index is 1090. The molecule has 8 heteroatoms. The van der Waals surface area contributed by atoms with Crippen LogP contribution in [0, 0.1) is 12.3 Å². The number of amides is 2. The first-order valence-corrected chi connectivity index (χ1v) is 10.8. The number of hydrogen-bond donors (Lipinski definition) is 1. The summed E-state index contributed by atoms with van der Waals surface area (Å²) >= 11 is 0. The predicted molar refractivity (Wildman–Crippen MR) is 115 cm³/mol. The zero-order valence-electron chi connectivity index (χ0n) is 18.6. The third-order valence-corrected chi connectivity index (χ3v) is 6.10. The maximum atomic E-state index is 13.0. The van der Waals surface area contributed by atoms with Crippen molar-refractivity contribution >= 4 is 11.8 Å². The third kappa shape index (κ3) is 3.98. The molecule has 2 aliphatic rings. The molecule has 0 aliphatic carbocycles. The van der Waals surface area contributed by atoms with E-state index in [9.17, 15) is 14.4 Å². The second-order valence-corrected chi connectivity index (χ2v) is 9.45. The van der Waals surface area contributed by atoms with E-state index in [0.717, 1.165) is 24.1 Å². The van der Waals surface area contributed by atoms with Gasteiger partial charge in [0.2, 0.25) is 5.91 Å². The molecule has 4 heterocycles. The average molecular weight is 424 g/mol. The van der Waals surface area contributed by atoms with Gasteiger partial charge in [-0.15, -0.1) is 0 Å². The van der Waals surface area contributed by atoms with Gasteiger partial charge in [-0.3, -0.25) is 19.4 Å². The molecule has 0 bridgehead atoms. The molecule has 4 rings (SSSR count). The summed E-state index contributed by atoms with van der Waals surface area (Å²) in [6.07, 6.45) is 5.46. The summed E-state index contributed by atoms with van der Waals surface area (Å²) < 4.78 is 0. The van der Waals surface area contributed by atoms with Crippen LogP contribution in [0.1, 0.15) is 72.7 Å². The summed E-state index contributed by atoms with van der Waals surface area (Å²) in [5.41, 5.74) is 1.96. The monoisotopic (exact) mass is 423 g/mol. The van der Waals surface area contributed by atoms with Crippen molar-refractivity contribution in [2.45, 2.75) is 59.5 Å². The number of carbonyl (C=O) groups excluding carboxylic acids is 2. The lowest BCUT2D eigenvalue weighted by Gasteiger charge is -2.32. The first-order chi connectivity index (χ1) is 14.7. The van der Waals surface area contributed by atoms with Crippen LogP contribution in [-0.2, 0) is 17.8 Å². The summed E-state index contributed by atoms with van der Waals surface area (Å²) in [6.45, 7) is 8.98. The van der Waals surface area contributed by atoms with E-state index in [1.165, 1.54) is 0 Å². The molecule has 8 nitrogen and oxygen atoms in total. The Kier molecular flexibility index (Phi) is 5.41. The van der Waals surface area contributed by atoms with Gasteiger partial charge in [-0.25, -0.2) is 4.98 Å². The van der Waals surface area contributed by atoms with Crippen LogP contribution >= 0.6 is 0 Å². The van der Waals surface area contributed by atoms with Crippen molar-refractivity contribution in [3.8, 4) is 0 Å². The van der Waals surface area contributed by atoms with Crippen LogP contribution in [-0.4, -0.2) is 49.7 Å². The van der Waals surface area contributed by atoms with Crippen molar-refractivity contribution in [2.24, 2.45) is 5.41 Å². The summed E-state index contributed by atoms with van der Waals surface area (Å²) in [5.74, 6) is 0.523. The van der Waals surface area contributed by atoms with Crippen LogP contribution in [0.5, 0.6) is 0 Å². The molecule has 0 spiro atoms. The molecule has 0 aromatic carbocycles. The van der Waals surface area contributed by atoms with Crippen LogP contribution in [0.3, 0.4) is 0 Å². The number of H-pyrrole nitrogens is 1. The Morgan fingerprint density at radius 2 is 2.00 bits per heavy atom. The highest BCUT2D eigenvalue weighted by atomic mass is 16.2. The Balaban J connectivity index is 1.59. The fraction of sp³-hybridized carbons (Fsp3) is 0.522. The van der Waals surface area contributed by atoms with E-state index in [2.05, 4.69) is 9.97 Å². The van der Waals surface area contributed by atoms with Gasteiger partial charge in [0.1, 0.15) is 5.82 Å². The highest BCUT2D eigenvalue weighted by Gasteiger charge is 2.37. The standard InChI is InChI=1S/C23H29N5O3/c1-14-12-24-9-7-15(14)21(30)27-11-8-17-16(13-27)20(29)26-19(25-17)18-6-5-10-28(18)22(31)23(2,3)4/h7,9,12,18H,5-6,8,10-11,13H2,1-4H3,(H,25,26,29). The number of fused-ring (bicyclic) bond motifs is 1. The second kappa shape index (κ2) is 7.90. The second-order valence-electron chi connectivity index (χ2n) is 9.45. The molecule has 2 aliphatic heterocycles. The Morgan fingerprint density at radius 1 is 1.23 bits per heavy atom. The Labute approximate surface area is 181 Å². The molecule has 2 aromatic rings. The van der Waals surface area contributed by atoms with Gasteiger partial charge in [0.25, 0.3) is 11.5 Å². The fourth-order valence-electron chi connectivity index (χ4n) is 4.38. The normalized spacial score (nSPS) is 18.8. The molecule has 1 saturated heterocycles. The molecule has 1 unspecified atom stereocenters. The lowest BCUT2D eigenvalue weighted by atomic mass is 9.94. The third-order valence-electron chi connectivity index (χ3n) is 6.10. The number of likely N-dealkylation sites (tertiary alicyclic amines) is 1. The van der Waals surface area contributed by atoms with Crippen LogP contribution in [0.25, 0.3) is 0 Å². The minimum Gasteiger partial charge on any atom is -0.334 e. The van der Waals surface area contributed by atoms with E-state index < -0.39 is 5.41 Å². The molecule has 0 radical (unpaired) electrons. The molecule has 2 aromatic heterocycles.